The van der Waals surface area contributed by atoms with Gasteiger partial charge in [-0.3, -0.25) is 4.79 Å². The van der Waals surface area contributed by atoms with Crippen LogP contribution in [0.25, 0.3) is 10.6 Å². The number of carbonyl (C=O) groups excluding carboxylic acids is 1. The number of nitrogens with zero attached hydrogens (tertiary/aromatic N) is 1. The van der Waals surface area contributed by atoms with E-state index in [0.717, 1.165) is 0 Å². The third kappa shape index (κ3) is 2.02. The fourth-order valence-electron chi connectivity index (χ4n) is 1.14. The highest BCUT2D eigenvalue weighted by Crippen LogP contribution is 2.23. The molecule has 76 valence electrons. The van der Waals surface area contributed by atoms with Crippen LogP contribution in [0.5, 0.6) is 0 Å². The molecule has 0 atom stereocenters. The minimum Gasteiger partial charge on any atom is -0.364 e. The molecule has 0 radical (unpaired) electrons. The second-order valence-electron chi connectivity index (χ2n) is 2.91. The molecular weight excluding hydrogens is 215 g/mol. The minimum absolute atomic E-state index is 0.208. The first kappa shape index (κ1) is 9.79. The van der Waals surface area contributed by atoms with Crippen molar-refractivity contribution in [2.75, 3.05) is 0 Å². The van der Waals surface area contributed by atoms with Gasteiger partial charge in [-0.1, -0.05) is 12.1 Å². The minimum atomic E-state index is -0.575. The highest BCUT2D eigenvalue weighted by atomic mass is 32.1. The number of halogens is 1. The van der Waals surface area contributed by atoms with Crippen LogP contribution in [0.4, 0.5) is 4.39 Å². The van der Waals surface area contributed by atoms with Crippen LogP contribution in [0.3, 0.4) is 0 Å². The normalized spacial score (nSPS) is 10.2. The molecule has 1 aromatic carbocycles. The van der Waals surface area contributed by atoms with Gasteiger partial charge in [0.15, 0.2) is 0 Å². The quantitative estimate of drug-likeness (QED) is 0.845. The molecule has 3 nitrogen and oxygen atoms in total. The van der Waals surface area contributed by atoms with Crippen molar-refractivity contribution in [1.29, 1.82) is 0 Å². The first-order valence-corrected chi connectivity index (χ1v) is 5.06. The summed E-state index contributed by atoms with van der Waals surface area (Å²) in [5.41, 5.74) is 5.92. The number of hydrogen-bond acceptors (Lipinski definition) is 3. The lowest BCUT2D eigenvalue weighted by Gasteiger charge is -1.94. The average molecular weight is 222 g/mol. The van der Waals surface area contributed by atoms with E-state index >= 15 is 0 Å². The number of amides is 1. The van der Waals surface area contributed by atoms with E-state index in [4.69, 9.17) is 5.73 Å². The molecule has 1 amide bonds. The Kier molecular flexibility index (Phi) is 2.47. The number of thiazole rings is 1. The second kappa shape index (κ2) is 3.78. The Balaban J connectivity index is 2.41. The van der Waals surface area contributed by atoms with E-state index in [1.807, 2.05) is 0 Å². The van der Waals surface area contributed by atoms with Crippen LogP contribution >= 0.6 is 11.3 Å². The fourth-order valence-corrected chi connectivity index (χ4v) is 1.95. The zero-order chi connectivity index (χ0) is 10.8. The van der Waals surface area contributed by atoms with Gasteiger partial charge in [0, 0.05) is 10.9 Å². The molecule has 0 aliphatic rings. The maximum atomic E-state index is 12.9. The highest BCUT2D eigenvalue weighted by Gasteiger charge is 2.08. The lowest BCUT2D eigenvalue weighted by molar-refractivity contribution is 0.0996. The Morgan fingerprint density at radius 1 is 1.47 bits per heavy atom. The Morgan fingerprint density at radius 2 is 2.27 bits per heavy atom. The van der Waals surface area contributed by atoms with Gasteiger partial charge in [-0.15, -0.1) is 11.3 Å². The van der Waals surface area contributed by atoms with E-state index in [1.54, 1.807) is 17.5 Å². The molecule has 2 aromatic rings. The summed E-state index contributed by atoms with van der Waals surface area (Å²) in [7, 11) is 0. The summed E-state index contributed by atoms with van der Waals surface area (Å²) in [4.78, 5) is 14.8. The molecule has 2 N–H and O–H groups in total. The van der Waals surface area contributed by atoms with Crippen molar-refractivity contribution in [1.82, 2.24) is 4.98 Å². The lowest BCUT2D eigenvalue weighted by atomic mass is 10.2. The number of benzene rings is 1. The van der Waals surface area contributed by atoms with Crippen molar-refractivity contribution < 1.29 is 9.18 Å². The molecule has 0 fully saturated rings. The van der Waals surface area contributed by atoms with E-state index in [1.165, 1.54) is 23.5 Å². The summed E-state index contributed by atoms with van der Waals surface area (Å²) in [6, 6.07) is 6.04. The zero-order valence-electron chi connectivity index (χ0n) is 7.61. The van der Waals surface area contributed by atoms with Gasteiger partial charge in [-0.05, 0) is 12.1 Å². The standard InChI is InChI=1S/C10H7FN2OS/c11-7-3-1-2-6(4-7)10-13-8(5-15-10)9(12)14/h1-5H,(H2,12,14). The van der Waals surface area contributed by atoms with Crippen molar-refractivity contribution in [3.63, 3.8) is 0 Å². The smallest absolute Gasteiger partial charge is 0.268 e. The van der Waals surface area contributed by atoms with Gasteiger partial charge in [0.1, 0.15) is 16.5 Å². The summed E-state index contributed by atoms with van der Waals surface area (Å²) in [6.45, 7) is 0. The van der Waals surface area contributed by atoms with Crippen molar-refractivity contribution in [2.24, 2.45) is 5.73 Å². The predicted octanol–water partition coefficient (Wildman–Crippen LogP) is 2.05. The van der Waals surface area contributed by atoms with Gasteiger partial charge in [0.2, 0.25) is 0 Å². The Bertz CT molecular complexity index is 510. The summed E-state index contributed by atoms with van der Waals surface area (Å²) in [5, 5.41) is 2.14. The van der Waals surface area contributed by atoms with E-state index in [9.17, 15) is 9.18 Å². The van der Waals surface area contributed by atoms with Gasteiger partial charge in [-0.25, -0.2) is 9.37 Å². The monoisotopic (exact) mass is 222 g/mol. The van der Waals surface area contributed by atoms with Crippen molar-refractivity contribution in [2.45, 2.75) is 0 Å². The SMILES string of the molecule is NC(=O)c1csc(-c2cccc(F)c2)n1. The van der Waals surface area contributed by atoms with Crippen molar-refractivity contribution in [3.05, 3.63) is 41.2 Å². The maximum Gasteiger partial charge on any atom is 0.268 e. The first-order valence-electron chi connectivity index (χ1n) is 4.18. The van der Waals surface area contributed by atoms with Gasteiger partial charge in [-0.2, -0.15) is 0 Å². The summed E-state index contributed by atoms with van der Waals surface area (Å²) in [6.07, 6.45) is 0. The van der Waals surface area contributed by atoms with E-state index in [2.05, 4.69) is 4.98 Å². The number of nitrogens with two attached hydrogens (primary N) is 1. The third-order valence-corrected chi connectivity index (χ3v) is 2.72. The molecule has 15 heavy (non-hydrogen) atoms. The maximum absolute atomic E-state index is 12.9. The fraction of sp³-hybridized carbons (Fsp3) is 0. The van der Waals surface area contributed by atoms with Crippen LogP contribution in [0.15, 0.2) is 29.6 Å². The van der Waals surface area contributed by atoms with E-state index in [0.29, 0.717) is 10.6 Å². The molecular formula is C10H7FN2OS. The molecule has 0 aliphatic carbocycles. The van der Waals surface area contributed by atoms with Crippen LogP contribution < -0.4 is 5.73 Å². The Hall–Kier alpha value is -1.75. The molecule has 5 heteroatoms. The van der Waals surface area contributed by atoms with Crippen LogP contribution in [0.2, 0.25) is 0 Å². The largest absolute Gasteiger partial charge is 0.364 e. The van der Waals surface area contributed by atoms with Gasteiger partial charge < -0.3 is 5.73 Å². The van der Waals surface area contributed by atoms with Gasteiger partial charge >= 0.3 is 0 Å². The summed E-state index contributed by atoms with van der Waals surface area (Å²) in [5.74, 6) is -0.905. The molecule has 0 unspecified atom stereocenters. The van der Waals surface area contributed by atoms with E-state index < -0.39 is 5.91 Å². The predicted molar refractivity (Wildman–Crippen MR) is 56.0 cm³/mol. The Labute approximate surface area is 89.4 Å². The summed E-state index contributed by atoms with van der Waals surface area (Å²) >= 11 is 1.26. The highest BCUT2D eigenvalue weighted by molar-refractivity contribution is 7.13. The first-order chi connectivity index (χ1) is 7.16. The van der Waals surface area contributed by atoms with Gasteiger partial charge in [0.05, 0.1) is 0 Å². The topological polar surface area (TPSA) is 56.0 Å². The molecule has 2 rings (SSSR count). The van der Waals surface area contributed by atoms with Crippen LogP contribution in [-0.2, 0) is 0 Å². The second-order valence-corrected chi connectivity index (χ2v) is 3.77. The molecule has 0 aliphatic heterocycles. The number of rotatable bonds is 2. The van der Waals surface area contributed by atoms with Crippen LogP contribution in [0.1, 0.15) is 10.5 Å². The molecule has 0 saturated carbocycles. The van der Waals surface area contributed by atoms with Crippen LogP contribution in [-0.4, -0.2) is 10.9 Å². The van der Waals surface area contributed by atoms with E-state index in [-0.39, 0.29) is 11.5 Å². The molecule has 0 spiro atoms. The average Bonchev–Trinajstić information content (AvgIpc) is 2.66. The lowest BCUT2D eigenvalue weighted by Crippen LogP contribution is -2.10. The molecule has 1 aromatic heterocycles. The molecule has 0 saturated heterocycles. The molecule has 1 heterocycles. The zero-order valence-corrected chi connectivity index (χ0v) is 8.42. The number of carbonyl (C=O) groups is 1. The number of aromatic nitrogens is 1. The number of hydrogen-bond donors (Lipinski definition) is 1. The van der Waals surface area contributed by atoms with Crippen molar-refractivity contribution >= 4 is 17.2 Å². The Morgan fingerprint density at radius 3 is 2.87 bits per heavy atom. The van der Waals surface area contributed by atoms with Crippen LogP contribution in [0, 0.1) is 5.82 Å². The number of primary amides is 1. The van der Waals surface area contributed by atoms with Gasteiger partial charge in [0.25, 0.3) is 5.91 Å². The third-order valence-electron chi connectivity index (χ3n) is 1.83. The van der Waals surface area contributed by atoms with Crippen molar-refractivity contribution in [3.8, 4) is 10.6 Å². The summed E-state index contributed by atoms with van der Waals surface area (Å²) < 4.78 is 12.9. The molecule has 0 bridgehead atoms.